The van der Waals surface area contributed by atoms with Crippen molar-refractivity contribution in [3.05, 3.63) is 0 Å². The van der Waals surface area contributed by atoms with Gasteiger partial charge in [-0.25, -0.2) is 0 Å². The molecule has 1 aliphatic heterocycles. The van der Waals surface area contributed by atoms with Gasteiger partial charge in [-0.1, -0.05) is 19.8 Å². The van der Waals surface area contributed by atoms with E-state index in [0.29, 0.717) is 18.0 Å². The van der Waals surface area contributed by atoms with Crippen molar-refractivity contribution >= 4 is 5.91 Å². The van der Waals surface area contributed by atoms with E-state index in [1.54, 1.807) is 0 Å². The Kier molecular flexibility index (Phi) is 4.21. The van der Waals surface area contributed by atoms with E-state index >= 15 is 0 Å². The molecule has 0 aromatic carbocycles. The standard InChI is InChI=1S/C15H29N3O/c1-11-6-5-7-15(16,8-11)14(19)18-9-12(2)17(4)13(3)10-18/h11-13H,5-10,16H2,1-4H3. The molecule has 4 nitrogen and oxygen atoms in total. The quantitative estimate of drug-likeness (QED) is 0.782. The van der Waals surface area contributed by atoms with Crippen LogP contribution < -0.4 is 5.73 Å². The molecule has 1 saturated heterocycles. The van der Waals surface area contributed by atoms with Gasteiger partial charge in [0.1, 0.15) is 0 Å². The van der Waals surface area contributed by atoms with Crippen LogP contribution >= 0.6 is 0 Å². The van der Waals surface area contributed by atoms with Gasteiger partial charge in [-0.3, -0.25) is 9.69 Å². The third kappa shape index (κ3) is 2.95. The number of hydrogen-bond donors (Lipinski definition) is 1. The minimum absolute atomic E-state index is 0.186. The van der Waals surface area contributed by atoms with Crippen LogP contribution in [0.2, 0.25) is 0 Å². The first-order chi connectivity index (χ1) is 8.83. The number of rotatable bonds is 1. The lowest BCUT2D eigenvalue weighted by molar-refractivity contribution is -0.142. The normalized spacial score (nSPS) is 41.3. The second-order valence-corrected chi connectivity index (χ2v) is 6.93. The maximum atomic E-state index is 12.8. The number of piperazine rings is 1. The predicted octanol–water partition coefficient (Wildman–Crippen LogP) is 1.45. The van der Waals surface area contributed by atoms with E-state index in [2.05, 4.69) is 32.7 Å². The third-order valence-electron chi connectivity index (χ3n) is 5.11. The van der Waals surface area contributed by atoms with Crippen molar-refractivity contribution in [1.29, 1.82) is 0 Å². The molecule has 1 aliphatic carbocycles. The molecule has 19 heavy (non-hydrogen) atoms. The van der Waals surface area contributed by atoms with E-state index in [4.69, 9.17) is 5.73 Å². The SMILES string of the molecule is CC1CCCC(N)(C(=O)N2CC(C)N(C)C(C)C2)C1. The summed E-state index contributed by atoms with van der Waals surface area (Å²) in [4.78, 5) is 17.2. The third-order valence-corrected chi connectivity index (χ3v) is 5.11. The summed E-state index contributed by atoms with van der Waals surface area (Å²) in [5, 5.41) is 0. The molecule has 110 valence electrons. The van der Waals surface area contributed by atoms with Crippen LogP contribution in [0.1, 0.15) is 46.5 Å². The second-order valence-electron chi connectivity index (χ2n) is 6.93. The molecule has 4 atom stereocenters. The van der Waals surface area contributed by atoms with Crippen molar-refractivity contribution < 1.29 is 4.79 Å². The first-order valence-corrected chi connectivity index (χ1v) is 7.63. The number of amides is 1. The molecule has 2 fully saturated rings. The lowest BCUT2D eigenvalue weighted by Gasteiger charge is -2.46. The van der Waals surface area contributed by atoms with Gasteiger partial charge in [0.15, 0.2) is 0 Å². The van der Waals surface area contributed by atoms with Gasteiger partial charge in [0.05, 0.1) is 5.54 Å². The van der Waals surface area contributed by atoms with Crippen LogP contribution in [-0.4, -0.2) is 53.5 Å². The Hall–Kier alpha value is -0.610. The molecule has 1 heterocycles. The Morgan fingerprint density at radius 2 is 1.79 bits per heavy atom. The highest BCUT2D eigenvalue weighted by Gasteiger charge is 2.42. The van der Waals surface area contributed by atoms with Gasteiger partial charge in [0.25, 0.3) is 0 Å². The molecule has 0 bridgehead atoms. The van der Waals surface area contributed by atoms with E-state index in [1.807, 2.05) is 4.90 Å². The molecule has 2 aliphatic rings. The van der Waals surface area contributed by atoms with Crippen molar-refractivity contribution in [3.8, 4) is 0 Å². The summed E-state index contributed by atoms with van der Waals surface area (Å²) in [5.41, 5.74) is 5.84. The van der Waals surface area contributed by atoms with Crippen molar-refractivity contribution in [2.24, 2.45) is 11.7 Å². The van der Waals surface area contributed by atoms with Crippen molar-refractivity contribution in [2.45, 2.75) is 64.1 Å². The molecule has 1 saturated carbocycles. The molecule has 2 rings (SSSR count). The first-order valence-electron chi connectivity index (χ1n) is 7.63. The monoisotopic (exact) mass is 267 g/mol. The highest BCUT2D eigenvalue weighted by molar-refractivity contribution is 5.86. The van der Waals surface area contributed by atoms with Crippen LogP contribution in [0.15, 0.2) is 0 Å². The fourth-order valence-electron chi connectivity index (χ4n) is 3.67. The largest absolute Gasteiger partial charge is 0.338 e. The molecule has 1 amide bonds. The van der Waals surface area contributed by atoms with Crippen molar-refractivity contribution in [1.82, 2.24) is 9.80 Å². The second kappa shape index (κ2) is 5.41. The van der Waals surface area contributed by atoms with Gasteiger partial charge in [-0.05, 0) is 39.7 Å². The van der Waals surface area contributed by atoms with Gasteiger partial charge in [0, 0.05) is 25.2 Å². The number of likely N-dealkylation sites (N-methyl/N-ethyl adjacent to an activating group) is 1. The van der Waals surface area contributed by atoms with E-state index in [9.17, 15) is 4.79 Å². The van der Waals surface area contributed by atoms with Crippen LogP contribution in [0.5, 0.6) is 0 Å². The molecule has 0 aromatic heterocycles. The van der Waals surface area contributed by atoms with Gasteiger partial charge < -0.3 is 10.6 Å². The summed E-state index contributed by atoms with van der Waals surface area (Å²) in [6.07, 6.45) is 4.00. The highest BCUT2D eigenvalue weighted by Crippen LogP contribution is 2.32. The average molecular weight is 267 g/mol. The van der Waals surface area contributed by atoms with E-state index < -0.39 is 5.54 Å². The predicted molar refractivity (Wildman–Crippen MR) is 77.8 cm³/mol. The fraction of sp³-hybridized carbons (Fsp3) is 0.933. The topological polar surface area (TPSA) is 49.6 Å². The van der Waals surface area contributed by atoms with Gasteiger partial charge in [-0.15, -0.1) is 0 Å². The maximum Gasteiger partial charge on any atom is 0.242 e. The van der Waals surface area contributed by atoms with Crippen LogP contribution in [0.25, 0.3) is 0 Å². The zero-order valence-corrected chi connectivity index (χ0v) is 12.9. The summed E-state index contributed by atoms with van der Waals surface area (Å²) in [7, 11) is 2.14. The Morgan fingerprint density at radius 1 is 1.21 bits per heavy atom. The summed E-state index contributed by atoms with van der Waals surface area (Å²) < 4.78 is 0. The molecule has 2 N–H and O–H groups in total. The highest BCUT2D eigenvalue weighted by atomic mass is 16.2. The minimum atomic E-state index is -0.604. The average Bonchev–Trinajstić information content (AvgIpc) is 2.34. The Labute approximate surface area is 117 Å². The zero-order valence-electron chi connectivity index (χ0n) is 12.9. The Morgan fingerprint density at radius 3 is 2.32 bits per heavy atom. The van der Waals surface area contributed by atoms with Crippen LogP contribution in [0, 0.1) is 5.92 Å². The lowest BCUT2D eigenvalue weighted by atomic mass is 9.76. The lowest BCUT2D eigenvalue weighted by Crippen LogP contribution is -2.63. The number of carbonyl (C=O) groups excluding carboxylic acids is 1. The molecule has 0 radical (unpaired) electrons. The van der Waals surface area contributed by atoms with Gasteiger partial charge in [-0.2, -0.15) is 0 Å². The van der Waals surface area contributed by atoms with Crippen molar-refractivity contribution in [2.75, 3.05) is 20.1 Å². The molecule has 0 aromatic rings. The fourth-order valence-corrected chi connectivity index (χ4v) is 3.67. The summed E-state index contributed by atoms with van der Waals surface area (Å²) in [6, 6.07) is 0.828. The van der Waals surface area contributed by atoms with Crippen molar-refractivity contribution in [3.63, 3.8) is 0 Å². The Bertz CT molecular complexity index is 334. The number of nitrogens with zero attached hydrogens (tertiary/aromatic N) is 2. The molecule has 0 spiro atoms. The molecule has 4 unspecified atom stereocenters. The molecular weight excluding hydrogens is 238 g/mol. The Balaban J connectivity index is 2.07. The van der Waals surface area contributed by atoms with Crippen LogP contribution in [0.4, 0.5) is 0 Å². The van der Waals surface area contributed by atoms with Crippen LogP contribution in [0.3, 0.4) is 0 Å². The number of hydrogen-bond acceptors (Lipinski definition) is 3. The molecular formula is C15H29N3O. The summed E-state index contributed by atoms with van der Waals surface area (Å²) in [5.74, 6) is 0.760. The summed E-state index contributed by atoms with van der Waals surface area (Å²) in [6.45, 7) is 8.20. The van der Waals surface area contributed by atoms with E-state index in [0.717, 1.165) is 32.4 Å². The minimum Gasteiger partial charge on any atom is -0.338 e. The smallest absolute Gasteiger partial charge is 0.242 e. The molecule has 4 heteroatoms. The van der Waals surface area contributed by atoms with Gasteiger partial charge >= 0.3 is 0 Å². The van der Waals surface area contributed by atoms with E-state index in [1.165, 1.54) is 6.42 Å². The van der Waals surface area contributed by atoms with Crippen LogP contribution in [-0.2, 0) is 4.79 Å². The summed E-state index contributed by atoms with van der Waals surface area (Å²) >= 11 is 0. The number of nitrogens with two attached hydrogens (primary N) is 1. The zero-order chi connectivity index (χ0) is 14.2. The van der Waals surface area contributed by atoms with Gasteiger partial charge in [0.2, 0.25) is 5.91 Å². The van der Waals surface area contributed by atoms with E-state index in [-0.39, 0.29) is 5.91 Å². The maximum absolute atomic E-state index is 12.8. The number of carbonyl (C=O) groups is 1. The first kappa shape index (κ1) is 14.8.